The molecule has 0 aliphatic heterocycles. The highest BCUT2D eigenvalue weighted by atomic mass is 16.2. The number of para-hydroxylation sites is 2. The highest BCUT2D eigenvalue weighted by Crippen LogP contribution is 2.07. The summed E-state index contributed by atoms with van der Waals surface area (Å²) in [5.74, 6) is -0.980. The van der Waals surface area contributed by atoms with Gasteiger partial charge in [0.05, 0.1) is 0 Å². The summed E-state index contributed by atoms with van der Waals surface area (Å²) < 4.78 is 0. The Morgan fingerprint density at radius 1 is 0.810 bits per heavy atom. The van der Waals surface area contributed by atoms with E-state index in [0.717, 1.165) is 6.08 Å². The van der Waals surface area contributed by atoms with Gasteiger partial charge in [-0.25, -0.2) is 0 Å². The van der Waals surface area contributed by atoms with Gasteiger partial charge in [-0.2, -0.15) is 0 Å². The highest BCUT2D eigenvalue weighted by molar-refractivity contribution is 6.09. The monoisotopic (exact) mass is 281 g/mol. The lowest BCUT2D eigenvalue weighted by Gasteiger charge is -2.05. The summed E-state index contributed by atoms with van der Waals surface area (Å²) in [7, 11) is 0. The van der Waals surface area contributed by atoms with Crippen molar-refractivity contribution < 1.29 is 9.59 Å². The Morgan fingerprint density at radius 2 is 1.29 bits per heavy atom. The summed E-state index contributed by atoms with van der Waals surface area (Å²) in [5.41, 5.74) is 6.70. The Labute approximate surface area is 122 Å². The van der Waals surface area contributed by atoms with Crippen molar-refractivity contribution in [3.05, 3.63) is 72.4 Å². The Hall–Kier alpha value is -3.08. The van der Waals surface area contributed by atoms with Gasteiger partial charge in [0.25, 0.3) is 11.8 Å². The van der Waals surface area contributed by atoms with Crippen LogP contribution in [-0.4, -0.2) is 11.8 Å². The first-order chi connectivity index (χ1) is 10.1. The first-order valence-corrected chi connectivity index (χ1v) is 6.35. The van der Waals surface area contributed by atoms with Crippen LogP contribution >= 0.6 is 0 Å². The molecular weight excluding hydrogens is 266 g/mol. The second-order valence-electron chi connectivity index (χ2n) is 4.28. The number of rotatable bonds is 4. The zero-order valence-electron chi connectivity index (χ0n) is 11.2. The van der Waals surface area contributed by atoms with E-state index < -0.39 is 11.8 Å². The van der Waals surface area contributed by atoms with Crippen LogP contribution in [0.2, 0.25) is 0 Å². The third-order valence-corrected chi connectivity index (χ3v) is 2.62. The number of carbonyl (C=O) groups is 2. The molecule has 0 saturated heterocycles. The number of amides is 2. The van der Waals surface area contributed by atoms with Crippen LogP contribution in [-0.2, 0) is 9.59 Å². The van der Waals surface area contributed by atoms with E-state index in [-0.39, 0.29) is 5.70 Å². The van der Waals surface area contributed by atoms with E-state index in [1.807, 2.05) is 12.1 Å². The molecule has 2 rings (SSSR count). The Kier molecular flexibility index (Phi) is 4.71. The molecule has 5 nitrogen and oxygen atoms in total. The van der Waals surface area contributed by atoms with Gasteiger partial charge in [-0.15, -0.1) is 0 Å². The number of nitrogens with two attached hydrogens (primary N) is 1. The smallest absolute Gasteiger partial charge is 0.271 e. The lowest BCUT2D eigenvalue weighted by molar-refractivity contribution is -0.114. The zero-order chi connectivity index (χ0) is 15.1. The molecule has 2 aromatic carbocycles. The van der Waals surface area contributed by atoms with Gasteiger partial charge in [-0.3, -0.25) is 9.59 Å². The van der Waals surface area contributed by atoms with Crippen LogP contribution < -0.4 is 16.4 Å². The van der Waals surface area contributed by atoms with Crippen LogP contribution in [0.25, 0.3) is 0 Å². The van der Waals surface area contributed by atoms with Crippen molar-refractivity contribution in [1.82, 2.24) is 0 Å². The molecule has 0 heterocycles. The van der Waals surface area contributed by atoms with Crippen molar-refractivity contribution in [2.45, 2.75) is 0 Å². The average Bonchev–Trinajstić information content (AvgIpc) is 2.49. The minimum Gasteiger partial charge on any atom is -0.394 e. The largest absolute Gasteiger partial charge is 0.394 e. The molecule has 0 saturated carbocycles. The second-order valence-corrected chi connectivity index (χ2v) is 4.28. The number of anilines is 2. The molecule has 0 aliphatic rings. The lowest BCUT2D eigenvalue weighted by atomic mass is 10.3. The van der Waals surface area contributed by atoms with Crippen LogP contribution in [0.5, 0.6) is 0 Å². The van der Waals surface area contributed by atoms with Gasteiger partial charge >= 0.3 is 0 Å². The molecule has 0 bridgehead atoms. The summed E-state index contributed by atoms with van der Waals surface area (Å²) in [6, 6.07) is 17.8. The maximum atomic E-state index is 11.8. The zero-order valence-corrected chi connectivity index (χ0v) is 11.2. The predicted molar refractivity (Wildman–Crippen MR) is 82.4 cm³/mol. The lowest BCUT2D eigenvalue weighted by Crippen LogP contribution is -2.22. The van der Waals surface area contributed by atoms with E-state index in [9.17, 15) is 9.59 Å². The number of carbonyl (C=O) groups excluding carboxylic acids is 2. The number of hydrogen-bond acceptors (Lipinski definition) is 3. The molecule has 0 atom stereocenters. The summed E-state index contributed by atoms with van der Waals surface area (Å²) in [5, 5.41) is 5.21. The molecule has 0 unspecified atom stereocenters. The number of nitrogens with one attached hydrogen (secondary N) is 2. The Morgan fingerprint density at radius 3 is 1.81 bits per heavy atom. The molecule has 0 spiro atoms. The van der Waals surface area contributed by atoms with E-state index in [2.05, 4.69) is 10.6 Å². The first-order valence-electron chi connectivity index (χ1n) is 6.35. The molecular formula is C16H15N3O2. The minimum absolute atomic E-state index is 0.160. The highest BCUT2D eigenvalue weighted by Gasteiger charge is 2.08. The molecule has 5 heteroatoms. The molecule has 0 aliphatic carbocycles. The SMILES string of the molecule is N/C(=C/C(=O)Nc1ccccc1)C(=O)Nc1ccccc1. The molecule has 2 aromatic rings. The van der Waals surface area contributed by atoms with Gasteiger partial charge < -0.3 is 16.4 Å². The van der Waals surface area contributed by atoms with Crippen molar-refractivity contribution in [1.29, 1.82) is 0 Å². The van der Waals surface area contributed by atoms with Crippen LogP contribution in [0, 0.1) is 0 Å². The predicted octanol–water partition coefficient (Wildman–Crippen LogP) is 2.11. The van der Waals surface area contributed by atoms with Crippen molar-refractivity contribution in [3.8, 4) is 0 Å². The third kappa shape index (κ3) is 4.50. The maximum absolute atomic E-state index is 11.8. The minimum atomic E-state index is -0.524. The fourth-order valence-electron chi connectivity index (χ4n) is 1.63. The Bertz CT molecular complexity index is 652. The molecule has 2 amide bonds. The van der Waals surface area contributed by atoms with Crippen LogP contribution in [0.1, 0.15) is 0 Å². The van der Waals surface area contributed by atoms with E-state index in [1.165, 1.54) is 0 Å². The van der Waals surface area contributed by atoms with Crippen LogP contribution in [0.15, 0.2) is 72.4 Å². The van der Waals surface area contributed by atoms with Crippen molar-refractivity contribution in [3.63, 3.8) is 0 Å². The Balaban J connectivity index is 1.96. The van der Waals surface area contributed by atoms with Crippen molar-refractivity contribution in [2.24, 2.45) is 5.73 Å². The number of benzene rings is 2. The quantitative estimate of drug-likeness (QED) is 0.750. The summed E-state index contributed by atoms with van der Waals surface area (Å²) in [6.45, 7) is 0. The van der Waals surface area contributed by atoms with Gasteiger partial charge in [-0.1, -0.05) is 36.4 Å². The molecule has 0 radical (unpaired) electrons. The summed E-state index contributed by atoms with van der Waals surface area (Å²) in [4.78, 5) is 23.5. The van der Waals surface area contributed by atoms with E-state index in [0.29, 0.717) is 11.4 Å². The average molecular weight is 281 g/mol. The fourth-order valence-corrected chi connectivity index (χ4v) is 1.63. The summed E-state index contributed by atoms with van der Waals surface area (Å²) in [6.07, 6.45) is 1.06. The molecule has 4 N–H and O–H groups in total. The van der Waals surface area contributed by atoms with Crippen LogP contribution in [0.3, 0.4) is 0 Å². The molecule has 21 heavy (non-hydrogen) atoms. The third-order valence-electron chi connectivity index (χ3n) is 2.62. The van der Waals surface area contributed by atoms with Gasteiger partial charge in [0.15, 0.2) is 0 Å². The van der Waals surface area contributed by atoms with Crippen molar-refractivity contribution in [2.75, 3.05) is 10.6 Å². The van der Waals surface area contributed by atoms with E-state index in [1.54, 1.807) is 48.5 Å². The normalized spacial score (nSPS) is 10.8. The van der Waals surface area contributed by atoms with Gasteiger partial charge in [0.1, 0.15) is 5.70 Å². The molecule has 106 valence electrons. The van der Waals surface area contributed by atoms with Gasteiger partial charge in [0.2, 0.25) is 0 Å². The van der Waals surface area contributed by atoms with E-state index in [4.69, 9.17) is 5.73 Å². The molecule has 0 fully saturated rings. The van der Waals surface area contributed by atoms with Crippen LogP contribution in [0.4, 0.5) is 11.4 Å². The fraction of sp³-hybridized carbons (Fsp3) is 0. The topological polar surface area (TPSA) is 84.2 Å². The molecule has 0 aromatic heterocycles. The van der Waals surface area contributed by atoms with Gasteiger partial charge in [0, 0.05) is 17.5 Å². The van der Waals surface area contributed by atoms with Crippen molar-refractivity contribution >= 4 is 23.2 Å². The van der Waals surface area contributed by atoms with E-state index >= 15 is 0 Å². The standard InChI is InChI=1S/C16H15N3O2/c17-14(16(21)19-13-9-5-2-6-10-13)11-15(20)18-12-7-3-1-4-8-12/h1-11H,17H2,(H,18,20)(H,19,21)/b14-11+. The summed E-state index contributed by atoms with van der Waals surface area (Å²) >= 11 is 0. The maximum Gasteiger partial charge on any atom is 0.271 e. The number of hydrogen-bond donors (Lipinski definition) is 3. The first kappa shape index (κ1) is 14.3. The van der Waals surface area contributed by atoms with Gasteiger partial charge in [-0.05, 0) is 24.3 Å². The second kappa shape index (κ2) is 6.91.